The topological polar surface area (TPSA) is 73.2 Å². The lowest BCUT2D eigenvalue weighted by Crippen LogP contribution is -2.43. The number of benzene rings is 2. The van der Waals surface area contributed by atoms with E-state index in [1.54, 1.807) is 13.1 Å². The van der Waals surface area contributed by atoms with Crippen LogP contribution in [0.1, 0.15) is 42.4 Å². The Hall–Kier alpha value is -3.15. The third kappa shape index (κ3) is 3.07. The van der Waals surface area contributed by atoms with Crippen molar-refractivity contribution in [3.63, 3.8) is 0 Å². The van der Waals surface area contributed by atoms with Crippen molar-refractivity contribution >= 4 is 16.9 Å². The SMILES string of the molecule is Cn1c(=O)c(C(=O)NC2CC(C)(C)Oc3ccccc32)nc2ccccc21. The van der Waals surface area contributed by atoms with E-state index in [-0.39, 0.29) is 11.7 Å². The fourth-order valence-corrected chi connectivity index (χ4v) is 3.58. The monoisotopic (exact) mass is 363 g/mol. The molecule has 0 saturated heterocycles. The van der Waals surface area contributed by atoms with Gasteiger partial charge in [-0.3, -0.25) is 9.59 Å². The van der Waals surface area contributed by atoms with Gasteiger partial charge in [-0.2, -0.15) is 0 Å². The molecule has 2 heterocycles. The van der Waals surface area contributed by atoms with Gasteiger partial charge in [0.15, 0.2) is 5.69 Å². The molecule has 138 valence electrons. The maximum absolute atomic E-state index is 12.9. The Bertz CT molecular complexity index is 1100. The molecule has 1 amide bonds. The van der Waals surface area contributed by atoms with Crippen molar-refractivity contribution in [3.05, 3.63) is 70.1 Å². The van der Waals surface area contributed by atoms with Gasteiger partial charge in [-0.25, -0.2) is 4.98 Å². The summed E-state index contributed by atoms with van der Waals surface area (Å²) in [5, 5.41) is 2.98. The number of nitrogens with one attached hydrogen (secondary N) is 1. The molecule has 0 saturated carbocycles. The standard InChI is InChI=1S/C21H21N3O3/c1-21(2)12-15(13-8-4-7-11-17(13)27-21)23-19(25)18-20(26)24(3)16-10-6-5-9-14(16)22-18/h4-11,15H,12H2,1-3H3,(H,23,25). The van der Waals surface area contributed by atoms with Crippen LogP contribution in [0.25, 0.3) is 11.0 Å². The highest BCUT2D eigenvalue weighted by atomic mass is 16.5. The second-order valence-corrected chi connectivity index (χ2v) is 7.44. The van der Waals surface area contributed by atoms with Gasteiger partial charge in [0.1, 0.15) is 11.4 Å². The molecule has 4 rings (SSSR count). The number of amides is 1. The Morgan fingerprint density at radius 1 is 1.19 bits per heavy atom. The molecule has 27 heavy (non-hydrogen) atoms. The zero-order valence-electron chi connectivity index (χ0n) is 15.5. The number of hydrogen-bond acceptors (Lipinski definition) is 4. The largest absolute Gasteiger partial charge is 0.487 e. The van der Waals surface area contributed by atoms with Crippen LogP contribution in [0.3, 0.4) is 0 Å². The Labute approximate surface area is 156 Å². The molecule has 1 N–H and O–H groups in total. The lowest BCUT2D eigenvalue weighted by atomic mass is 9.89. The fraction of sp³-hybridized carbons (Fsp3) is 0.286. The number of ether oxygens (including phenoxy) is 1. The molecule has 1 atom stereocenters. The number of fused-ring (bicyclic) bond motifs is 2. The van der Waals surface area contributed by atoms with Crippen LogP contribution in [0.2, 0.25) is 0 Å². The zero-order valence-corrected chi connectivity index (χ0v) is 15.5. The summed E-state index contributed by atoms with van der Waals surface area (Å²) >= 11 is 0. The van der Waals surface area contributed by atoms with Gasteiger partial charge in [-0.15, -0.1) is 0 Å². The lowest BCUT2D eigenvalue weighted by Gasteiger charge is -2.37. The van der Waals surface area contributed by atoms with Gasteiger partial charge in [0.05, 0.1) is 17.1 Å². The smallest absolute Gasteiger partial charge is 0.282 e. The molecular formula is C21H21N3O3. The highest BCUT2D eigenvalue weighted by Crippen LogP contribution is 2.39. The molecule has 1 aliphatic heterocycles. The van der Waals surface area contributed by atoms with E-state index in [1.165, 1.54) is 4.57 Å². The number of aromatic nitrogens is 2. The number of carbonyl (C=O) groups excluding carboxylic acids is 1. The van der Waals surface area contributed by atoms with Crippen molar-refractivity contribution in [2.45, 2.75) is 31.9 Å². The summed E-state index contributed by atoms with van der Waals surface area (Å²) in [6, 6.07) is 14.6. The van der Waals surface area contributed by atoms with Crippen LogP contribution >= 0.6 is 0 Å². The summed E-state index contributed by atoms with van der Waals surface area (Å²) in [5.41, 5.74) is 1.27. The van der Waals surface area contributed by atoms with E-state index in [4.69, 9.17) is 4.74 Å². The second-order valence-electron chi connectivity index (χ2n) is 7.44. The Balaban J connectivity index is 1.72. The van der Waals surface area contributed by atoms with Crippen LogP contribution in [0.4, 0.5) is 0 Å². The van der Waals surface area contributed by atoms with Crippen LogP contribution in [-0.2, 0) is 7.05 Å². The first-order valence-corrected chi connectivity index (χ1v) is 8.90. The third-order valence-corrected chi connectivity index (χ3v) is 4.88. The van der Waals surface area contributed by atoms with E-state index < -0.39 is 17.1 Å². The van der Waals surface area contributed by atoms with Crippen LogP contribution in [0.5, 0.6) is 5.75 Å². The van der Waals surface area contributed by atoms with Gasteiger partial charge in [0.2, 0.25) is 0 Å². The molecule has 2 aromatic carbocycles. The summed E-state index contributed by atoms with van der Waals surface area (Å²) in [7, 11) is 1.65. The Morgan fingerprint density at radius 2 is 1.89 bits per heavy atom. The second kappa shape index (κ2) is 6.23. The number of aryl methyl sites for hydroxylation is 1. The average Bonchev–Trinajstić information content (AvgIpc) is 2.63. The van der Waals surface area contributed by atoms with Crippen LogP contribution < -0.4 is 15.6 Å². The van der Waals surface area contributed by atoms with Crippen molar-refractivity contribution in [2.75, 3.05) is 0 Å². The van der Waals surface area contributed by atoms with Crippen LogP contribution in [-0.4, -0.2) is 21.1 Å². The van der Waals surface area contributed by atoms with Crippen molar-refractivity contribution < 1.29 is 9.53 Å². The van der Waals surface area contributed by atoms with E-state index in [1.807, 2.05) is 56.3 Å². The molecule has 6 nitrogen and oxygen atoms in total. The first-order valence-electron chi connectivity index (χ1n) is 8.90. The molecule has 0 aliphatic carbocycles. The first-order chi connectivity index (χ1) is 12.9. The molecule has 3 aromatic rings. The normalized spacial score (nSPS) is 17.8. The average molecular weight is 363 g/mol. The summed E-state index contributed by atoms with van der Waals surface area (Å²) in [6.07, 6.45) is 0.601. The van der Waals surface area contributed by atoms with Crippen molar-refractivity contribution in [3.8, 4) is 5.75 Å². The number of nitrogens with zero attached hydrogens (tertiary/aromatic N) is 2. The predicted octanol–water partition coefficient (Wildman–Crippen LogP) is 2.97. The van der Waals surface area contributed by atoms with Gasteiger partial charge in [0, 0.05) is 19.0 Å². The minimum atomic E-state index is -0.473. The first kappa shape index (κ1) is 17.3. The van der Waals surface area contributed by atoms with Gasteiger partial charge in [0.25, 0.3) is 11.5 Å². The quantitative estimate of drug-likeness (QED) is 0.760. The van der Waals surface area contributed by atoms with Crippen molar-refractivity contribution in [1.29, 1.82) is 0 Å². The molecule has 1 aliphatic rings. The maximum Gasteiger partial charge on any atom is 0.282 e. The highest BCUT2D eigenvalue weighted by molar-refractivity contribution is 5.94. The van der Waals surface area contributed by atoms with E-state index in [0.29, 0.717) is 17.5 Å². The van der Waals surface area contributed by atoms with Crippen molar-refractivity contribution in [1.82, 2.24) is 14.9 Å². The van der Waals surface area contributed by atoms with E-state index >= 15 is 0 Å². The summed E-state index contributed by atoms with van der Waals surface area (Å²) < 4.78 is 7.46. The van der Waals surface area contributed by atoms with Crippen molar-refractivity contribution in [2.24, 2.45) is 7.05 Å². The van der Waals surface area contributed by atoms with Gasteiger partial charge in [-0.05, 0) is 32.0 Å². The maximum atomic E-state index is 12.9. The minimum absolute atomic E-state index is 0.0991. The van der Waals surface area contributed by atoms with Gasteiger partial charge in [-0.1, -0.05) is 30.3 Å². The van der Waals surface area contributed by atoms with Crippen LogP contribution in [0, 0.1) is 0 Å². The molecule has 1 unspecified atom stereocenters. The number of para-hydroxylation sites is 3. The molecule has 0 fully saturated rings. The zero-order chi connectivity index (χ0) is 19.2. The van der Waals surface area contributed by atoms with Gasteiger partial charge >= 0.3 is 0 Å². The summed E-state index contributed by atoms with van der Waals surface area (Å²) in [5.74, 6) is 0.275. The molecule has 0 bridgehead atoms. The molecular weight excluding hydrogens is 342 g/mol. The van der Waals surface area contributed by atoms with E-state index in [9.17, 15) is 9.59 Å². The molecule has 6 heteroatoms. The van der Waals surface area contributed by atoms with E-state index in [0.717, 1.165) is 11.3 Å². The van der Waals surface area contributed by atoms with Gasteiger partial charge < -0.3 is 14.6 Å². The fourth-order valence-electron chi connectivity index (χ4n) is 3.58. The number of carbonyl (C=O) groups is 1. The number of rotatable bonds is 2. The predicted molar refractivity (Wildman–Crippen MR) is 103 cm³/mol. The lowest BCUT2D eigenvalue weighted by molar-refractivity contribution is 0.0617. The molecule has 1 aromatic heterocycles. The van der Waals surface area contributed by atoms with E-state index in [2.05, 4.69) is 10.3 Å². The Morgan fingerprint density at radius 3 is 2.70 bits per heavy atom. The molecule has 0 radical (unpaired) electrons. The van der Waals surface area contributed by atoms with Crippen LogP contribution in [0.15, 0.2) is 53.3 Å². The third-order valence-electron chi connectivity index (χ3n) is 4.88. The highest BCUT2D eigenvalue weighted by Gasteiger charge is 2.35. The summed E-state index contributed by atoms with van der Waals surface area (Å²) in [6.45, 7) is 3.96. The number of hydrogen-bond donors (Lipinski definition) is 1. The Kier molecular flexibility index (Phi) is 3.98. The minimum Gasteiger partial charge on any atom is -0.487 e. The molecule has 0 spiro atoms. The summed E-state index contributed by atoms with van der Waals surface area (Å²) in [4.78, 5) is 29.9.